The summed E-state index contributed by atoms with van der Waals surface area (Å²) in [5.41, 5.74) is 5.27. The van der Waals surface area contributed by atoms with E-state index >= 15 is 0 Å². The van der Waals surface area contributed by atoms with E-state index in [1.54, 1.807) is 18.3 Å². The average Bonchev–Trinajstić information content (AvgIpc) is 2.78. The van der Waals surface area contributed by atoms with Crippen molar-refractivity contribution < 1.29 is 14.3 Å². The molecule has 166 valence electrons. The molecule has 6 nitrogen and oxygen atoms in total. The second-order valence-corrected chi connectivity index (χ2v) is 8.20. The highest BCUT2D eigenvalue weighted by Crippen LogP contribution is 2.24. The van der Waals surface area contributed by atoms with Crippen LogP contribution in [0.5, 0.6) is 11.5 Å². The van der Waals surface area contributed by atoms with Crippen LogP contribution in [0.2, 0.25) is 0 Å². The van der Waals surface area contributed by atoms with Crippen molar-refractivity contribution in [3.05, 3.63) is 90.0 Å². The fraction of sp³-hybridized carbons (Fsp3) is 0.231. The maximum atomic E-state index is 11.9. The first-order valence-electron chi connectivity index (χ1n) is 10.5. The number of nitrogens with zero attached hydrogens (tertiary/aromatic N) is 1. The van der Waals surface area contributed by atoms with E-state index in [2.05, 4.69) is 48.7 Å². The van der Waals surface area contributed by atoms with Crippen LogP contribution in [0.3, 0.4) is 0 Å². The van der Waals surface area contributed by atoms with Crippen molar-refractivity contribution in [3.63, 3.8) is 0 Å². The number of amides is 2. The standard InChI is InChI=1S/C26H29N3O3/c1-26(2,3)21-13-15-23(16-14-21)31-17-18-32-24-12-8-7-9-20(24)19-27-29-25(30)28-22-10-5-4-6-11-22/h4-16,19H,17-18H2,1-3H3,(H2,28,29,30). The molecule has 0 unspecified atom stereocenters. The number of hydrogen-bond acceptors (Lipinski definition) is 4. The molecule has 0 saturated heterocycles. The van der Waals surface area contributed by atoms with Gasteiger partial charge >= 0.3 is 6.03 Å². The van der Waals surface area contributed by atoms with Crippen LogP contribution in [0.15, 0.2) is 84.0 Å². The molecule has 0 atom stereocenters. The molecule has 0 bridgehead atoms. The number of hydrazone groups is 1. The molecule has 2 N–H and O–H groups in total. The van der Waals surface area contributed by atoms with Crippen molar-refractivity contribution in [2.45, 2.75) is 26.2 Å². The predicted molar refractivity (Wildman–Crippen MR) is 129 cm³/mol. The first kappa shape index (κ1) is 22.9. The van der Waals surface area contributed by atoms with Gasteiger partial charge < -0.3 is 14.8 Å². The summed E-state index contributed by atoms with van der Waals surface area (Å²) in [4.78, 5) is 11.9. The zero-order valence-corrected chi connectivity index (χ0v) is 18.7. The fourth-order valence-corrected chi connectivity index (χ4v) is 2.92. The second-order valence-electron chi connectivity index (χ2n) is 8.20. The van der Waals surface area contributed by atoms with Gasteiger partial charge in [-0.25, -0.2) is 10.2 Å². The van der Waals surface area contributed by atoms with Gasteiger partial charge in [-0.1, -0.05) is 63.2 Å². The van der Waals surface area contributed by atoms with Crippen LogP contribution < -0.4 is 20.2 Å². The summed E-state index contributed by atoms with van der Waals surface area (Å²) in [6, 6.07) is 24.4. The third-order valence-electron chi connectivity index (χ3n) is 4.65. The third kappa shape index (κ3) is 7.16. The summed E-state index contributed by atoms with van der Waals surface area (Å²) < 4.78 is 11.6. The normalized spacial score (nSPS) is 11.2. The SMILES string of the molecule is CC(C)(C)c1ccc(OCCOc2ccccc2C=NNC(=O)Nc2ccccc2)cc1. The number of nitrogens with one attached hydrogen (secondary N) is 2. The summed E-state index contributed by atoms with van der Waals surface area (Å²) in [6.45, 7) is 7.35. The maximum Gasteiger partial charge on any atom is 0.339 e. The molecule has 2 amide bonds. The molecule has 0 aliphatic heterocycles. The Morgan fingerprint density at radius 2 is 1.53 bits per heavy atom. The van der Waals surface area contributed by atoms with E-state index in [4.69, 9.17) is 9.47 Å². The van der Waals surface area contributed by atoms with Crippen molar-refractivity contribution in [2.24, 2.45) is 5.10 Å². The number of urea groups is 1. The minimum atomic E-state index is -0.420. The Morgan fingerprint density at radius 1 is 0.875 bits per heavy atom. The fourth-order valence-electron chi connectivity index (χ4n) is 2.92. The maximum absolute atomic E-state index is 11.9. The van der Waals surface area contributed by atoms with Crippen LogP contribution in [0, 0.1) is 0 Å². The number of hydrogen-bond donors (Lipinski definition) is 2. The Bertz CT molecular complexity index is 1030. The molecule has 0 spiro atoms. The van der Waals surface area contributed by atoms with Crippen molar-refractivity contribution in [1.82, 2.24) is 5.43 Å². The van der Waals surface area contributed by atoms with E-state index in [0.29, 0.717) is 24.7 Å². The van der Waals surface area contributed by atoms with Gasteiger partial charge in [0.05, 0.1) is 6.21 Å². The summed E-state index contributed by atoms with van der Waals surface area (Å²) in [5, 5.41) is 6.70. The lowest BCUT2D eigenvalue weighted by Gasteiger charge is -2.19. The van der Waals surface area contributed by atoms with Crippen LogP contribution in [-0.2, 0) is 5.41 Å². The lowest BCUT2D eigenvalue weighted by Crippen LogP contribution is -2.24. The van der Waals surface area contributed by atoms with Crippen molar-refractivity contribution in [2.75, 3.05) is 18.5 Å². The number of carbonyl (C=O) groups is 1. The van der Waals surface area contributed by atoms with Gasteiger partial charge in [0.1, 0.15) is 24.7 Å². The van der Waals surface area contributed by atoms with Crippen LogP contribution in [0.25, 0.3) is 0 Å². The van der Waals surface area contributed by atoms with E-state index in [1.807, 2.05) is 54.6 Å². The molecule has 3 rings (SSSR count). The van der Waals surface area contributed by atoms with Crippen molar-refractivity contribution in [1.29, 1.82) is 0 Å². The molecule has 0 aliphatic rings. The first-order valence-corrected chi connectivity index (χ1v) is 10.5. The summed E-state index contributed by atoms with van der Waals surface area (Å²) >= 11 is 0. The minimum Gasteiger partial charge on any atom is -0.490 e. The molecule has 0 saturated carbocycles. The molecular formula is C26H29N3O3. The molecule has 0 aliphatic carbocycles. The van der Waals surface area contributed by atoms with E-state index < -0.39 is 6.03 Å². The largest absolute Gasteiger partial charge is 0.490 e. The molecule has 0 aromatic heterocycles. The van der Waals surface area contributed by atoms with Gasteiger partial charge in [-0.3, -0.25) is 0 Å². The number of rotatable bonds is 8. The molecule has 6 heteroatoms. The summed E-state index contributed by atoms with van der Waals surface area (Å²) in [6.07, 6.45) is 1.55. The zero-order valence-electron chi connectivity index (χ0n) is 18.7. The highest BCUT2D eigenvalue weighted by atomic mass is 16.5. The highest BCUT2D eigenvalue weighted by Gasteiger charge is 2.13. The van der Waals surface area contributed by atoms with Gasteiger partial charge in [-0.15, -0.1) is 0 Å². The van der Waals surface area contributed by atoms with Crippen molar-refractivity contribution in [3.8, 4) is 11.5 Å². The van der Waals surface area contributed by atoms with Gasteiger partial charge in [0.2, 0.25) is 0 Å². The lowest BCUT2D eigenvalue weighted by atomic mass is 9.87. The van der Waals surface area contributed by atoms with Gasteiger partial charge in [0.25, 0.3) is 0 Å². The number of carbonyl (C=O) groups excluding carboxylic acids is 1. The van der Waals surface area contributed by atoms with Gasteiger partial charge in [0, 0.05) is 11.3 Å². The van der Waals surface area contributed by atoms with Crippen LogP contribution in [0.1, 0.15) is 31.9 Å². The molecule has 0 heterocycles. The Hall–Kier alpha value is -3.80. The summed E-state index contributed by atoms with van der Waals surface area (Å²) in [7, 11) is 0. The van der Waals surface area contributed by atoms with E-state index in [0.717, 1.165) is 11.3 Å². The molecule has 0 fully saturated rings. The van der Waals surface area contributed by atoms with Crippen LogP contribution in [0.4, 0.5) is 10.5 Å². The topological polar surface area (TPSA) is 72.0 Å². The first-order chi connectivity index (χ1) is 15.4. The van der Waals surface area contributed by atoms with Gasteiger partial charge in [-0.05, 0) is 47.4 Å². The van der Waals surface area contributed by atoms with E-state index in [-0.39, 0.29) is 5.41 Å². The Labute approximate surface area is 189 Å². The lowest BCUT2D eigenvalue weighted by molar-refractivity contribution is 0.217. The predicted octanol–water partition coefficient (Wildman–Crippen LogP) is 5.60. The highest BCUT2D eigenvalue weighted by molar-refractivity contribution is 5.90. The molecule has 0 radical (unpaired) electrons. The van der Waals surface area contributed by atoms with Crippen LogP contribution in [-0.4, -0.2) is 25.5 Å². The Kier molecular flexibility index (Phi) is 7.86. The molecule has 32 heavy (non-hydrogen) atoms. The number of benzene rings is 3. The molecule has 3 aromatic carbocycles. The quantitative estimate of drug-likeness (QED) is 0.277. The minimum absolute atomic E-state index is 0.115. The monoisotopic (exact) mass is 431 g/mol. The van der Waals surface area contributed by atoms with Crippen molar-refractivity contribution >= 4 is 17.9 Å². The Balaban J connectivity index is 1.46. The molecular weight excluding hydrogens is 402 g/mol. The number of anilines is 1. The van der Waals surface area contributed by atoms with Gasteiger partial charge in [0.15, 0.2) is 0 Å². The number of ether oxygens (including phenoxy) is 2. The average molecular weight is 432 g/mol. The molecule has 3 aromatic rings. The van der Waals surface area contributed by atoms with E-state index in [9.17, 15) is 4.79 Å². The smallest absolute Gasteiger partial charge is 0.339 e. The third-order valence-corrected chi connectivity index (χ3v) is 4.65. The summed E-state index contributed by atoms with van der Waals surface area (Å²) in [5.74, 6) is 1.47. The van der Waals surface area contributed by atoms with E-state index in [1.165, 1.54) is 5.56 Å². The second kappa shape index (κ2) is 11.0. The van der Waals surface area contributed by atoms with Gasteiger partial charge in [-0.2, -0.15) is 5.10 Å². The number of para-hydroxylation sites is 2. The van der Waals surface area contributed by atoms with Crippen LogP contribution >= 0.6 is 0 Å². The Morgan fingerprint density at radius 3 is 2.25 bits per heavy atom. The zero-order chi connectivity index (χ0) is 22.8.